The van der Waals surface area contributed by atoms with Crippen LogP contribution in [-0.2, 0) is 0 Å². The number of hydrogen-bond donors (Lipinski definition) is 0. The van der Waals surface area contributed by atoms with Crippen molar-refractivity contribution in [3.8, 4) is 5.75 Å². The predicted octanol–water partition coefficient (Wildman–Crippen LogP) is 5.09. The SMILES string of the molecule is Brc1ccc2c(c1)C1CC(c3ccccc3)=NN1C(c1cccnc1)O2. The van der Waals surface area contributed by atoms with Gasteiger partial charge in [-0.2, -0.15) is 5.10 Å². The van der Waals surface area contributed by atoms with Crippen LogP contribution in [0.2, 0.25) is 0 Å². The number of nitrogens with zero attached hydrogens (tertiary/aromatic N) is 3. The first-order chi connectivity index (χ1) is 12.8. The average molecular weight is 406 g/mol. The second-order valence-electron chi connectivity index (χ2n) is 6.45. The van der Waals surface area contributed by atoms with Gasteiger partial charge in [-0.05, 0) is 29.8 Å². The van der Waals surface area contributed by atoms with Gasteiger partial charge < -0.3 is 4.74 Å². The van der Waals surface area contributed by atoms with Crippen molar-refractivity contribution in [2.45, 2.75) is 18.7 Å². The third-order valence-corrected chi connectivity index (χ3v) is 5.32. The van der Waals surface area contributed by atoms with Crippen molar-refractivity contribution in [3.63, 3.8) is 0 Å². The largest absolute Gasteiger partial charge is 0.464 e. The molecule has 128 valence electrons. The van der Waals surface area contributed by atoms with Gasteiger partial charge >= 0.3 is 0 Å². The molecule has 4 nitrogen and oxygen atoms in total. The molecule has 2 atom stereocenters. The monoisotopic (exact) mass is 405 g/mol. The molecule has 0 saturated heterocycles. The number of benzene rings is 2. The van der Waals surface area contributed by atoms with Gasteiger partial charge in [0, 0.05) is 34.4 Å². The Balaban J connectivity index is 1.62. The van der Waals surface area contributed by atoms with Gasteiger partial charge in [-0.3, -0.25) is 4.98 Å². The second-order valence-corrected chi connectivity index (χ2v) is 7.37. The van der Waals surface area contributed by atoms with Gasteiger partial charge in [-0.1, -0.05) is 52.3 Å². The summed E-state index contributed by atoms with van der Waals surface area (Å²) in [7, 11) is 0. The zero-order valence-electron chi connectivity index (χ0n) is 13.9. The fourth-order valence-corrected chi connectivity index (χ4v) is 3.98. The van der Waals surface area contributed by atoms with Gasteiger partial charge in [0.2, 0.25) is 6.23 Å². The molecule has 0 spiro atoms. The first-order valence-corrected chi connectivity index (χ1v) is 9.36. The molecule has 26 heavy (non-hydrogen) atoms. The quantitative estimate of drug-likeness (QED) is 0.595. The Hall–Kier alpha value is -2.66. The Morgan fingerprint density at radius 1 is 1.04 bits per heavy atom. The average Bonchev–Trinajstić information content (AvgIpc) is 3.15. The van der Waals surface area contributed by atoms with E-state index in [0.717, 1.165) is 39.0 Å². The van der Waals surface area contributed by atoms with E-state index in [-0.39, 0.29) is 12.3 Å². The summed E-state index contributed by atoms with van der Waals surface area (Å²) in [5, 5.41) is 7.03. The van der Waals surface area contributed by atoms with E-state index in [1.54, 1.807) is 6.20 Å². The van der Waals surface area contributed by atoms with Crippen LogP contribution in [0.4, 0.5) is 0 Å². The van der Waals surface area contributed by atoms with Crippen LogP contribution in [0.3, 0.4) is 0 Å². The molecule has 2 aliphatic rings. The standard InChI is InChI=1S/C21H16BrN3O/c22-16-8-9-20-17(11-16)19-12-18(14-5-2-1-3-6-14)24-25(19)21(26-20)15-7-4-10-23-13-15/h1-11,13,19,21H,12H2. The van der Waals surface area contributed by atoms with Gasteiger partial charge in [-0.15, -0.1) is 0 Å². The Morgan fingerprint density at radius 2 is 1.92 bits per heavy atom. The lowest BCUT2D eigenvalue weighted by Gasteiger charge is -2.38. The zero-order valence-corrected chi connectivity index (χ0v) is 15.5. The van der Waals surface area contributed by atoms with Crippen LogP contribution in [0.25, 0.3) is 0 Å². The van der Waals surface area contributed by atoms with Crippen LogP contribution in [0.15, 0.2) is 82.6 Å². The first kappa shape index (κ1) is 15.6. The maximum atomic E-state index is 6.33. The fraction of sp³-hybridized carbons (Fsp3) is 0.143. The minimum atomic E-state index is -0.274. The van der Waals surface area contributed by atoms with E-state index in [0.29, 0.717) is 0 Å². The van der Waals surface area contributed by atoms with Crippen LogP contribution in [0.1, 0.15) is 35.4 Å². The molecule has 5 heteroatoms. The molecule has 2 aliphatic heterocycles. The van der Waals surface area contributed by atoms with E-state index in [4.69, 9.17) is 9.84 Å². The zero-order chi connectivity index (χ0) is 17.5. The minimum Gasteiger partial charge on any atom is -0.464 e. The van der Waals surface area contributed by atoms with E-state index in [2.05, 4.69) is 56.3 Å². The molecule has 0 N–H and O–H groups in total. The maximum absolute atomic E-state index is 6.33. The number of hydrazone groups is 1. The molecule has 3 aromatic rings. The molecule has 0 saturated carbocycles. The molecule has 0 aliphatic carbocycles. The lowest BCUT2D eigenvalue weighted by atomic mass is 9.96. The van der Waals surface area contributed by atoms with Crippen molar-refractivity contribution in [1.29, 1.82) is 0 Å². The molecule has 0 fully saturated rings. The maximum Gasteiger partial charge on any atom is 0.215 e. The van der Waals surface area contributed by atoms with E-state index >= 15 is 0 Å². The number of fused-ring (bicyclic) bond motifs is 3. The summed E-state index contributed by atoms with van der Waals surface area (Å²) in [6, 6.07) is 20.6. The fourth-order valence-electron chi connectivity index (χ4n) is 3.61. The number of aromatic nitrogens is 1. The van der Waals surface area contributed by atoms with E-state index < -0.39 is 0 Å². The minimum absolute atomic E-state index is 0.150. The van der Waals surface area contributed by atoms with Crippen LogP contribution in [0, 0.1) is 0 Å². The normalized spacial score (nSPS) is 20.8. The van der Waals surface area contributed by atoms with Crippen molar-refractivity contribution < 1.29 is 4.74 Å². The van der Waals surface area contributed by atoms with E-state index in [1.807, 2.05) is 36.5 Å². The number of hydrogen-bond acceptors (Lipinski definition) is 4. The van der Waals surface area contributed by atoms with Gasteiger partial charge in [0.15, 0.2) is 0 Å². The lowest BCUT2D eigenvalue weighted by Crippen LogP contribution is -2.33. The summed E-state index contributed by atoms with van der Waals surface area (Å²) in [5.41, 5.74) is 4.41. The van der Waals surface area contributed by atoms with Crippen molar-refractivity contribution in [1.82, 2.24) is 9.99 Å². The summed E-state index contributed by atoms with van der Waals surface area (Å²) < 4.78 is 7.38. The van der Waals surface area contributed by atoms with Crippen LogP contribution < -0.4 is 4.74 Å². The summed E-state index contributed by atoms with van der Waals surface area (Å²) in [4.78, 5) is 4.26. The molecular formula is C21H16BrN3O. The Bertz CT molecular complexity index is 975. The molecule has 2 aromatic carbocycles. The molecule has 2 unspecified atom stereocenters. The first-order valence-electron chi connectivity index (χ1n) is 8.57. The molecule has 3 heterocycles. The summed E-state index contributed by atoms with van der Waals surface area (Å²) >= 11 is 3.59. The van der Waals surface area contributed by atoms with Gasteiger partial charge in [0.25, 0.3) is 0 Å². The molecule has 0 bridgehead atoms. The summed E-state index contributed by atoms with van der Waals surface area (Å²) in [6.45, 7) is 0. The third kappa shape index (κ3) is 2.59. The Kier molecular flexibility index (Phi) is 3.75. The molecular weight excluding hydrogens is 390 g/mol. The van der Waals surface area contributed by atoms with Gasteiger partial charge in [0.05, 0.1) is 11.8 Å². The highest BCUT2D eigenvalue weighted by atomic mass is 79.9. The van der Waals surface area contributed by atoms with Crippen molar-refractivity contribution >= 4 is 21.6 Å². The lowest BCUT2D eigenvalue weighted by molar-refractivity contribution is -0.0192. The second kappa shape index (κ2) is 6.25. The number of halogens is 1. The number of ether oxygens (including phenoxy) is 1. The van der Waals surface area contributed by atoms with Crippen LogP contribution in [0.5, 0.6) is 5.75 Å². The van der Waals surface area contributed by atoms with Gasteiger partial charge in [-0.25, -0.2) is 5.01 Å². The van der Waals surface area contributed by atoms with Gasteiger partial charge in [0.1, 0.15) is 5.75 Å². The van der Waals surface area contributed by atoms with Crippen LogP contribution >= 0.6 is 15.9 Å². The van der Waals surface area contributed by atoms with Crippen molar-refractivity contribution in [2.24, 2.45) is 5.10 Å². The van der Waals surface area contributed by atoms with E-state index in [9.17, 15) is 0 Å². The highest BCUT2D eigenvalue weighted by Crippen LogP contribution is 2.48. The summed E-state index contributed by atoms with van der Waals surface area (Å²) in [5.74, 6) is 0.910. The van der Waals surface area contributed by atoms with E-state index in [1.165, 1.54) is 0 Å². The molecule has 0 amide bonds. The third-order valence-electron chi connectivity index (χ3n) is 4.83. The smallest absolute Gasteiger partial charge is 0.215 e. The Morgan fingerprint density at radius 3 is 2.73 bits per heavy atom. The number of pyridine rings is 1. The molecule has 0 radical (unpaired) electrons. The highest BCUT2D eigenvalue weighted by Gasteiger charge is 2.41. The van der Waals surface area contributed by atoms with Crippen molar-refractivity contribution in [3.05, 3.63) is 94.2 Å². The summed E-state index contributed by atoms with van der Waals surface area (Å²) in [6.07, 6.45) is 4.20. The Labute approximate surface area is 160 Å². The van der Waals surface area contributed by atoms with Crippen molar-refractivity contribution in [2.75, 3.05) is 0 Å². The predicted molar refractivity (Wildman–Crippen MR) is 104 cm³/mol. The molecule has 1 aromatic heterocycles. The highest BCUT2D eigenvalue weighted by molar-refractivity contribution is 9.10. The molecule has 5 rings (SSSR count). The van der Waals surface area contributed by atoms with Crippen LogP contribution in [-0.4, -0.2) is 15.7 Å². The number of rotatable bonds is 2. The topological polar surface area (TPSA) is 37.7 Å².